The molecule has 112 valence electrons. The summed E-state index contributed by atoms with van der Waals surface area (Å²) in [5.41, 5.74) is 2.09. The number of carbonyl (C=O) groups is 2. The van der Waals surface area contributed by atoms with Crippen LogP contribution in [0.3, 0.4) is 0 Å². The topological polar surface area (TPSA) is 75.6 Å². The van der Waals surface area contributed by atoms with Crippen LogP contribution in [0.25, 0.3) is 6.08 Å². The second-order valence-corrected chi connectivity index (χ2v) is 5.05. The summed E-state index contributed by atoms with van der Waals surface area (Å²) >= 11 is 0. The van der Waals surface area contributed by atoms with Crippen LogP contribution in [0.1, 0.15) is 34.3 Å². The minimum Gasteiger partial charge on any atom is -0.478 e. The quantitative estimate of drug-likeness (QED) is 0.831. The molecule has 2 rings (SSSR count). The lowest BCUT2D eigenvalue weighted by Gasteiger charge is -2.23. The van der Waals surface area contributed by atoms with Gasteiger partial charge in [-0.2, -0.15) is 0 Å². The van der Waals surface area contributed by atoms with Crippen LogP contribution in [-0.2, 0) is 9.53 Å². The van der Waals surface area contributed by atoms with Crippen LogP contribution in [0, 0.1) is 6.92 Å². The number of nitrogens with one attached hydrogen (secondary N) is 1. The first-order valence-electron chi connectivity index (χ1n) is 6.97. The zero-order valence-electron chi connectivity index (χ0n) is 12.0. The fourth-order valence-corrected chi connectivity index (χ4v) is 2.35. The van der Waals surface area contributed by atoms with E-state index in [0.717, 1.165) is 30.0 Å². The Bertz CT molecular complexity index is 559. The van der Waals surface area contributed by atoms with E-state index in [0.29, 0.717) is 18.8 Å². The predicted octanol–water partition coefficient (Wildman–Crippen LogP) is 2.00. The molecule has 2 N–H and O–H groups in total. The summed E-state index contributed by atoms with van der Waals surface area (Å²) < 4.78 is 5.27. The molecule has 0 radical (unpaired) electrons. The van der Waals surface area contributed by atoms with Crippen LogP contribution in [0.2, 0.25) is 0 Å². The van der Waals surface area contributed by atoms with Gasteiger partial charge in [0.1, 0.15) is 0 Å². The molecule has 1 aromatic carbocycles. The third-order valence-corrected chi connectivity index (χ3v) is 3.58. The Morgan fingerprint density at radius 2 is 2.05 bits per heavy atom. The van der Waals surface area contributed by atoms with E-state index in [1.807, 2.05) is 6.92 Å². The maximum atomic E-state index is 12.3. The van der Waals surface area contributed by atoms with Gasteiger partial charge in [0.15, 0.2) is 0 Å². The molecule has 1 aromatic rings. The molecule has 0 unspecified atom stereocenters. The third kappa shape index (κ3) is 4.16. The minimum atomic E-state index is -1.01. The summed E-state index contributed by atoms with van der Waals surface area (Å²) in [6, 6.07) is 5.44. The molecular weight excluding hydrogens is 270 g/mol. The van der Waals surface area contributed by atoms with Crippen molar-refractivity contribution in [2.45, 2.75) is 25.8 Å². The fraction of sp³-hybridized carbons (Fsp3) is 0.375. The lowest BCUT2D eigenvalue weighted by molar-refractivity contribution is -0.131. The van der Waals surface area contributed by atoms with E-state index in [-0.39, 0.29) is 11.9 Å². The molecule has 5 nitrogen and oxygen atoms in total. The summed E-state index contributed by atoms with van der Waals surface area (Å²) in [6.45, 7) is 3.16. The molecule has 0 bridgehead atoms. The van der Waals surface area contributed by atoms with E-state index in [2.05, 4.69) is 5.32 Å². The molecule has 1 amide bonds. The molecule has 0 atom stereocenters. The van der Waals surface area contributed by atoms with E-state index in [4.69, 9.17) is 9.84 Å². The zero-order chi connectivity index (χ0) is 15.2. The zero-order valence-corrected chi connectivity index (χ0v) is 12.0. The Morgan fingerprint density at radius 1 is 1.33 bits per heavy atom. The smallest absolute Gasteiger partial charge is 0.328 e. The molecule has 0 aliphatic carbocycles. The molecule has 1 saturated heterocycles. The van der Waals surface area contributed by atoms with E-state index in [1.165, 1.54) is 6.08 Å². The van der Waals surface area contributed by atoms with Crippen molar-refractivity contribution in [2.24, 2.45) is 0 Å². The molecule has 1 aliphatic heterocycles. The summed E-state index contributed by atoms with van der Waals surface area (Å²) in [5.74, 6) is -1.13. The maximum absolute atomic E-state index is 12.3. The first-order valence-corrected chi connectivity index (χ1v) is 6.97. The van der Waals surface area contributed by atoms with Gasteiger partial charge >= 0.3 is 5.97 Å². The molecular formula is C16H19NO4. The van der Waals surface area contributed by atoms with E-state index < -0.39 is 5.97 Å². The molecule has 1 aliphatic rings. The first kappa shape index (κ1) is 15.3. The number of hydrogen-bond acceptors (Lipinski definition) is 3. The van der Waals surface area contributed by atoms with Gasteiger partial charge < -0.3 is 15.2 Å². The van der Waals surface area contributed by atoms with Gasteiger partial charge in [0.25, 0.3) is 5.91 Å². The molecule has 0 aromatic heterocycles. The van der Waals surface area contributed by atoms with Crippen molar-refractivity contribution in [3.8, 4) is 0 Å². The number of hydrogen-bond donors (Lipinski definition) is 2. The molecule has 5 heteroatoms. The number of rotatable bonds is 4. The number of carboxylic acid groups (broad SMARTS) is 1. The van der Waals surface area contributed by atoms with Crippen molar-refractivity contribution in [2.75, 3.05) is 13.2 Å². The Hall–Kier alpha value is -2.14. The predicted molar refractivity (Wildman–Crippen MR) is 79.2 cm³/mol. The Morgan fingerprint density at radius 3 is 2.71 bits per heavy atom. The Balaban J connectivity index is 2.13. The van der Waals surface area contributed by atoms with Crippen LogP contribution in [0.5, 0.6) is 0 Å². The van der Waals surface area contributed by atoms with Crippen molar-refractivity contribution in [1.29, 1.82) is 0 Å². The normalized spacial score (nSPS) is 16.0. The van der Waals surface area contributed by atoms with Crippen molar-refractivity contribution in [3.05, 3.63) is 41.0 Å². The molecule has 0 spiro atoms. The van der Waals surface area contributed by atoms with Gasteiger partial charge in [0, 0.05) is 30.9 Å². The number of carbonyl (C=O) groups excluding carboxylic acids is 1. The van der Waals surface area contributed by atoms with Crippen LogP contribution >= 0.6 is 0 Å². The fourth-order valence-electron chi connectivity index (χ4n) is 2.35. The number of ether oxygens (including phenoxy) is 1. The number of carboxylic acids is 1. The molecule has 1 heterocycles. The number of benzene rings is 1. The van der Waals surface area contributed by atoms with Crippen molar-refractivity contribution < 1.29 is 19.4 Å². The van der Waals surface area contributed by atoms with Gasteiger partial charge in [-0.1, -0.05) is 12.1 Å². The van der Waals surface area contributed by atoms with Crippen molar-refractivity contribution in [1.82, 2.24) is 5.32 Å². The minimum absolute atomic E-state index is 0.120. The lowest BCUT2D eigenvalue weighted by atomic mass is 10.0. The highest BCUT2D eigenvalue weighted by Gasteiger charge is 2.18. The molecule has 0 saturated carbocycles. The van der Waals surface area contributed by atoms with E-state index in [1.54, 1.807) is 18.2 Å². The number of aliphatic carboxylic acids is 1. The Labute approximate surface area is 123 Å². The summed E-state index contributed by atoms with van der Waals surface area (Å²) in [5, 5.41) is 11.7. The van der Waals surface area contributed by atoms with Crippen molar-refractivity contribution >= 4 is 18.0 Å². The summed E-state index contributed by atoms with van der Waals surface area (Å²) in [7, 11) is 0. The highest BCUT2D eigenvalue weighted by Crippen LogP contribution is 2.16. The Kier molecular flexibility index (Phi) is 5.11. The van der Waals surface area contributed by atoms with Gasteiger partial charge in [-0.15, -0.1) is 0 Å². The highest BCUT2D eigenvalue weighted by atomic mass is 16.5. The monoisotopic (exact) mass is 289 g/mol. The second-order valence-electron chi connectivity index (χ2n) is 5.05. The van der Waals surface area contributed by atoms with Crippen LogP contribution in [-0.4, -0.2) is 36.2 Å². The van der Waals surface area contributed by atoms with Gasteiger partial charge in [0.05, 0.1) is 0 Å². The van der Waals surface area contributed by atoms with Gasteiger partial charge in [-0.3, -0.25) is 4.79 Å². The third-order valence-electron chi connectivity index (χ3n) is 3.58. The first-order chi connectivity index (χ1) is 10.1. The van der Waals surface area contributed by atoms with Crippen LogP contribution < -0.4 is 5.32 Å². The molecule has 21 heavy (non-hydrogen) atoms. The maximum Gasteiger partial charge on any atom is 0.328 e. The summed E-state index contributed by atoms with van der Waals surface area (Å²) in [6.07, 6.45) is 4.22. The van der Waals surface area contributed by atoms with Gasteiger partial charge in [0.2, 0.25) is 0 Å². The van der Waals surface area contributed by atoms with E-state index >= 15 is 0 Å². The average molecular weight is 289 g/mol. The SMILES string of the molecule is Cc1c(C=CC(=O)O)cccc1C(=O)NC1CCOCC1. The summed E-state index contributed by atoms with van der Waals surface area (Å²) in [4.78, 5) is 22.9. The van der Waals surface area contributed by atoms with Crippen LogP contribution in [0.15, 0.2) is 24.3 Å². The number of amides is 1. The average Bonchev–Trinajstić information content (AvgIpc) is 2.47. The van der Waals surface area contributed by atoms with Gasteiger partial charge in [-0.05, 0) is 43.0 Å². The lowest BCUT2D eigenvalue weighted by Crippen LogP contribution is -2.39. The molecule has 1 fully saturated rings. The van der Waals surface area contributed by atoms with Crippen LogP contribution in [0.4, 0.5) is 0 Å². The standard InChI is InChI=1S/C16H19NO4/c1-11-12(5-6-15(18)19)3-2-4-14(11)16(20)17-13-7-9-21-10-8-13/h2-6,13H,7-10H2,1H3,(H,17,20)(H,18,19). The van der Waals surface area contributed by atoms with E-state index in [9.17, 15) is 9.59 Å². The highest BCUT2D eigenvalue weighted by molar-refractivity contribution is 5.97. The second kappa shape index (κ2) is 7.04. The van der Waals surface area contributed by atoms with Gasteiger partial charge in [-0.25, -0.2) is 4.79 Å². The van der Waals surface area contributed by atoms with Crippen molar-refractivity contribution in [3.63, 3.8) is 0 Å². The largest absolute Gasteiger partial charge is 0.478 e.